The predicted molar refractivity (Wildman–Crippen MR) is 132 cm³/mol. The van der Waals surface area contributed by atoms with Gasteiger partial charge in [-0.1, -0.05) is 63.2 Å². The summed E-state index contributed by atoms with van der Waals surface area (Å²) in [4.78, 5) is 0. The first kappa shape index (κ1) is 25.4. The van der Waals surface area contributed by atoms with Crippen LogP contribution in [0.15, 0.2) is 78.9 Å². The Morgan fingerprint density at radius 1 is 0.588 bits per heavy atom. The van der Waals surface area contributed by atoms with Gasteiger partial charge in [0, 0.05) is 0 Å². The molecule has 3 rings (SSSR count). The van der Waals surface area contributed by atoms with Crippen LogP contribution in [0.2, 0.25) is 0 Å². The van der Waals surface area contributed by atoms with Crippen molar-refractivity contribution in [3.05, 3.63) is 84.4 Å². The summed E-state index contributed by atoms with van der Waals surface area (Å²) >= 11 is 0. The zero-order chi connectivity index (χ0) is 24.4. The largest absolute Gasteiger partial charge is 0.491 e. The summed E-state index contributed by atoms with van der Waals surface area (Å²) in [5.41, 5.74) is 0.979. The molecule has 0 saturated carbocycles. The van der Waals surface area contributed by atoms with Crippen molar-refractivity contribution in [1.29, 1.82) is 0 Å². The number of aliphatic hydroxyl groups excluding tert-OH is 2. The molecule has 2 unspecified atom stereocenters. The minimum absolute atomic E-state index is 0.0382. The summed E-state index contributed by atoms with van der Waals surface area (Å²) in [6.45, 7) is 6.62. The number of hydrogen-bond donors (Lipinski definition) is 2. The lowest BCUT2D eigenvalue weighted by molar-refractivity contribution is 0.0530. The van der Waals surface area contributed by atoms with Crippen LogP contribution < -0.4 is 18.9 Å². The van der Waals surface area contributed by atoms with Crippen LogP contribution in [-0.2, 0) is 5.41 Å². The van der Waals surface area contributed by atoms with Gasteiger partial charge in [-0.05, 0) is 47.4 Å². The van der Waals surface area contributed by atoms with E-state index in [2.05, 4.69) is 20.8 Å². The van der Waals surface area contributed by atoms with Gasteiger partial charge in [-0.25, -0.2) is 0 Å². The Bertz CT molecular complexity index is 985. The summed E-state index contributed by atoms with van der Waals surface area (Å²) in [6.07, 6.45) is -1.64. The third-order valence-electron chi connectivity index (χ3n) is 5.04. The van der Waals surface area contributed by atoms with Crippen molar-refractivity contribution in [2.45, 2.75) is 38.4 Å². The molecule has 0 aliphatic rings. The first-order chi connectivity index (χ1) is 16.3. The molecule has 2 N–H and O–H groups in total. The van der Waals surface area contributed by atoms with Gasteiger partial charge in [-0.3, -0.25) is 0 Å². The van der Waals surface area contributed by atoms with Gasteiger partial charge in [0.2, 0.25) is 0 Å². The molecular weight excluding hydrogens is 432 g/mol. The van der Waals surface area contributed by atoms with Gasteiger partial charge in [0.1, 0.15) is 50.1 Å². The van der Waals surface area contributed by atoms with E-state index in [1.54, 1.807) is 0 Å². The molecule has 0 aromatic heterocycles. The van der Waals surface area contributed by atoms with Crippen LogP contribution in [0.3, 0.4) is 0 Å². The molecule has 6 heteroatoms. The van der Waals surface area contributed by atoms with Gasteiger partial charge >= 0.3 is 0 Å². The van der Waals surface area contributed by atoms with Gasteiger partial charge in [0.25, 0.3) is 0 Å². The van der Waals surface area contributed by atoms with E-state index in [0.717, 1.165) is 5.56 Å². The van der Waals surface area contributed by atoms with E-state index in [1.165, 1.54) is 0 Å². The summed E-state index contributed by atoms with van der Waals surface area (Å²) in [6, 6.07) is 24.3. The van der Waals surface area contributed by atoms with E-state index in [-0.39, 0.29) is 31.8 Å². The third kappa shape index (κ3) is 8.28. The third-order valence-corrected chi connectivity index (χ3v) is 5.04. The minimum Gasteiger partial charge on any atom is -0.491 e. The van der Waals surface area contributed by atoms with E-state index in [1.807, 2.05) is 78.9 Å². The highest BCUT2D eigenvalue weighted by Gasteiger charge is 2.19. The zero-order valence-corrected chi connectivity index (χ0v) is 20.0. The van der Waals surface area contributed by atoms with Crippen LogP contribution >= 0.6 is 0 Å². The Kier molecular flexibility index (Phi) is 9.19. The number of ether oxygens (including phenoxy) is 4. The Balaban J connectivity index is 1.57. The number of aliphatic hydroxyl groups is 2. The topological polar surface area (TPSA) is 77.4 Å². The highest BCUT2D eigenvalue weighted by Crippen LogP contribution is 2.33. The molecule has 0 amide bonds. The number of benzene rings is 3. The fourth-order valence-corrected chi connectivity index (χ4v) is 3.09. The summed E-state index contributed by atoms with van der Waals surface area (Å²) < 4.78 is 22.9. The maximum Gasteiger partial charge on any atom is 0.161 e. The standard InChI is InChI=1S/C28H34O6/c1-28(2,3)21-14-15-26(33-19-22(29)17-31-24-10-6-4-7-11-24)27(16-21)34-20-23(30)18-32-25-12-8-5-9-13-25/h4-16,22-23,29-30H,17-20H2,1-3H3. The molecule has 0 radical (unpaired) electrons. The van der Waals surface area contributed by atoms with Crippen LogP contribution in [-0.4, -0.2) is 48.8 Å². The number of para-hydroxylation sites is 2. The van der Waals surface area contributed by atoms with E-state index in [9.17, 15) is 10.2 Å². The molecule has 0 heterocycles. The molecule has 0 spiro atoms. The van der Waals surface area contributed by atoms with Gasteiger partial charge in [-0.2, -0.15) is 0 Å². The average molecular weight is 467 g/mol. The molecule has 3 aromatic rings. The second-order valence-electron chi connectivity index (χ2n) is 9.09. The lowest BCUT2D eigenvalue weighted by Gasteiger charge is -2.23. The SMILES string of the molecule is CC(C)(C)c1ccc(OCC(O)COc2ccccc2)c(OCC(O)COc2ccccc2)c1. The second-order valence-corrected chi connectivity index (χ2v) is 9.09. The van der Waals surface area contributed by atoms with Crippen molar-refractivity contribution in [3.63, 3.8) is 0 Å². The van der Waals surface area contributed by atoms with E-state index >= 15 is 0 Å². The highest BCUT2D eigenvalue weighted by atomic mass is 16.5. The van der Waals surface area contributed by atoms with Crippen molar-refractivity contribution >= 4 is 0 Å². The molecule has 0 saturated heterocycles. The summed E-state index contributed by atoms with van der Waals surface area (Å²) in [7, 11) is 0. The number of hydrogen-bond acceptors (Lipinski definition) is 6. The van der Waals surface area contributed by atoms with Gasteiger partial charge in [0.05, 0.1) is 0 Å². The molecule has 6 nitrogen and oxygen atoms in total. The molecule has 182 valence electrons. The molecule has 34 heavy (non-hydrogen) atoms. The minimum atomic E-state index is -0.823. The van der Waals surface area contributed by atoms with Crippen molar-refractivity contribution < 1.29 is 29.2 Å². The van der Waals surface area contributed by atoms with Crippen molar-refractivity contribution in [2.75, 3.05) is 26.4 Å². The molecule has 0 fully saturated rings. The molecule has 2 atom stereocenters. The zero-order valence-electron chi connectivity index (χ0n) is 20.0. The van der Waals surface area contributed by atoms with E-state index in [4.69, 9.17) is 18.9 Å². The molecule has 0 bridgehead atoms. The highest BCUT2D eigenvalue weighted by molar-refractivity contribution is 5.45. The molecule has 0 aliphatic heterocycles. The maximum atomic E-state index is 10.3. The van der Waals surface area contributed by atoms with Gasteiger partial charge in [0.15, 0.2) is 11.5 Å². The Hall–Kier alpha value is -3.22. The molecular formula is C28H34O6. The second kappa shape index (κ2) is 12.3. The first-order valence-electron chi connectivity index (χ1n) is 11.4. The fraction of sp³-hybridized carbons (Fsp3) is 0.357. The number of rotatable bonds is 12. The van der Waals surface area contributed by atoms with E-state index < -0.39 is 12.2 Å². The van der Waals surface area contributed by atoms with Crippen LogP contribution in [0.5, 0.6) is 23.0 Å². The Morgan fingerprint density at radius 2 is 1.03 bits per heavy atom. The first-order valence-corrected chi connectivity index (χ1v) is 11.4. The van der Waals surface area contributed by atoms with Crippen molar-refractivity contribution in [1.82, 2.24) is 0 Å². The van der Waals surface area contributed by atoms with E-state index in [0.29, 0.717) is 23.0 Å². The summed E-state index contributed by atoms with van der Waals surface area (Å²) in [5, 5.41) is 20.6. The van der Waals surface area contributed by atoms with Gasteiger partial charge < -0.3 is 29.2 Å². The lowest BCUT2D eigenvalue weighted by atomic mass is 9.87. The van der Waals surface area contributed by atoms with Gasteiger partial charge in [-0.15, -0.1) is 0 Å². The molecule has 0 aliphatic carbocycles. The average Bonchev–Trinajstić information content (AvgIpc) is 2.84. The smallest absolute Gasteiger partial charge is 0.161 e. The quantitative estimate of drug-likeness (QED) is 0.406. The van der Waals surface area contributed by atoms with Crippen molar-refractivity contribution in [3.8, 4) is 23.0 Å². The van der Waals surface area contributed by atoms with Crippen LogP contribution in [0.25, 0.3) is 0 Å². The lowest BCUT2D eigenvalue weighted by Crippen LogP contribution is -2.26. The molecule has 3 aromatic carbocycles. The Labute approximate surface area is 201 Å². The maximum absolute atomic E-state index is 10.3. The van der Waals surface area contributed by atoms with Crippen LogP contribution in [0.4, 0.5) is 0 Å². The normalized spacial score (nSPS) is 13.1. The van der Waals surface area contributed by atoms with Crippen LogP contribution in [0, 0.1) is 0 Å². The van der Waals surface area contributed by atoms with Crippen molar-refractivity contribution in [2.24, 2.45) is 0 Å². The van der Waals surface area contributed by atoms with Crippen LogP contribution in [0.1, 0.15) is 26.3 Å². The monoisotopic (exact) mass is 466 g/mol. The fourth-order valence-electron chi connectivity index (χ4n) is 3.09. The summed E-state index contributed by atoms with van der Waals surface area (Å²) in [5.74, 6) is 2.36. The predicted octanol–water partition coefficient (Wildman–Crippen LogP) is 4.62. The Morgan fingerprint density at radius 3 is 1.50 bits per heavy atom.